The van der Waals surface area contributed by atoms with Crippen molar-refractivity contribution in [2.45, 2.75) is 13.0 Å². The van der Waals surface area contributed by atoms with E-state index in [4.69, 9.17) is 4.74 Å². The minimum Gasteiger partial charge on any atom is -0.507 e. The van der Waals surface area contributed by atoms with Crippen molar-refractivity contribution in [1.82, 2.24) is 0 Å². The highest BCUT2D eigenvalue weighted by atomic mass is 16.5. The Morgan fingerprint density at radius 3 is 2.18 bits per heavy atom. The van der Waals surface area contributed by atoms with Crippen LogP contribution in [0.3, 0.4) is 0 Å². The number of aromatic hydroxyl groups is 1. The van der Waals surface area contributed by atoms with Gasteiger partial charge in [0, 0.05) is 16.8 Å². The number of ether oxygens (including phenoxy) is 1. The number of hydrogen-bond donors (Lipinski definition) is 2. The monoisotopic (exact) mass is 439 g/mol. The van der Waals surface area contributed by atoms with Gasteiger partial charge >= 0.3 is 5.97 Å². The molecule has 0 saturated carbocycles. The van der Waals surface area contributed by atoms with Crippen molar-refractivity contribution in [2.24, 2.45) is 0 Å². The summed E-state index contributed by atoms with van der Waals surface area (Å²) >= 11 is 0. The minimum absolute atomic E-state index is 0.0407. The van der Waals surface area contributed by atoms with E-state index in [1.165, 1.54) is 19.1 Å². The zero-order valence-electron chi connectivity index (χ0n) is 17.8. The van der Waals surface area contributed by atoms with Gasteiger partial charge in [-0.3, -0.25) is 9.59 Å². The maximum Gasteiger partial charge on any atom is 0.343 e. The number of ketones is 1. The van der Waals surface area contributed by atoms with Crippen LogP contribution in [0.25, 0.3) is 10.8 Å². The number of carbonyl (C=O) groups excluding carboxylic acids is 3. The molecule has 2 N–H and O–H groups in total. The number of phenolic OH excluding ortho intramolecular Hbond substituents is 1. The van der Waals surface area contributed by atoms with Crippen LogP contribution in [0.1, 0.15) is 39.3 Å². The highest BCUT2D eigenvalue weighted by molar-refractivity contribution is 6.02. The Balaban J connectivity index is 1.63. The van der Waals surface area contributed by atoms with Gasteiger partial charge in [-0.25, -0.2) is 4.79 Å². The number of phenols is 1. The van der Waals surface area contributed by atoms with Gasteiger partial charge in [0.15, 0.2) is 5.78 Å². The molecule has 0 aliphatic heterocycles. The van der Waals surface area contributed by atoms with Crippen molar-refractivity contribution < 1.29 is 24.2 Å². The fourth-order valence-electron chi connectivity index (χ4n) is 3.49. The van der Waals surface area contributed by atoms with E-state index in [1.54, 1.807) is 54.6 Å². The summed E-state index contributed by atoms with van der Waals surface area (Å²) in [6.07, 6.45) is -1.27. The highest BCUT2D eigenvalue weighted by Crippen LogP contribution is 2.28. The maximum absolute atomic E-state index is 13.1. The number of hydrogen-bond acceptors (Lipinski definition) is 5. The Morgan fingerprint density at radius 1 is 0.818 bits per heavy atom. The van der Waals surface area contributed by atoms with Crippen molar-refractivity contribution in [1.29, 1.82) is 0 Å². The third kappa shape index (κ3) is 4.91. The Bertz CT molecular complexity index is 1350. The first-order valence-electron chi connectivity index (χ1n) is 10.3. The molecule has 4 rings (SSSR count). The average molecular weight is 439 g/mol. The number of amides is 1. The van der Waals surface area contributed by atoms with Crippen LogP contribution in [0.15, 0.2) is 91.0 Å². The minimum atomic E-state index is -1.27. The van der Waals surface area contributed by atoms with Crippen LogP contribution in [0.5, 0.6) is 5.75 Å². The first kappa shape index (κ1) is 21.8. The Morgan fingerprint density at radius 2 is 1.48 bits per heavy atom. The number of fused-ring (bicyclic) bond motifs is 1. The van der Waals surface area contributed by atoms with E-state index in [-0.39, 0.29) is 17.1 Å². The molecular formula is C27H21NO5. The van der Waals surface area contributed by atoms with Crippen molar-refractivity contribution in [3.8, 4) is 5.75 Å². The Labute approximate surface area is 190 Å². The predicted octanol–water partition coefficient (Wildman–Crippen LogP) is 5.28. The molecule has 0 aromatic heterocycles. The predicted molar refractivity (Wildman–Crippen MR) is 125 cm³/mol. The summed E-state index contributed by atoms with van der Waals surface area (Å²) < 4.78 is 5.59. The molecule has 0 radical (unpaired) electrons. The lowest BCUT2D eigenvalue weighted by Gasteiger charge is -2.19. The Hall–Kier alpha value is -4.45. The van der Waals surface area contributed by atoms with Crippen molar-refractivity contribution in [3.63, 3.8) is 0 Å². The lowest BCUT2D eigenvalue weighted by molar-refractivity contribution is -0.125. The molecule has 0 heterocycles. The smallest absolute Gasteiger partial charge is 0.343 e. The largest absolute Gasteiger partial charge is 0.507 e. The zero-order chi connectivity index (χ0) is 23.4. The van der Waals surface area contributed by atoms with Crippen LogP contribution in [-0.4, -0.2) is 22.8 Å². The van der Waals surface area contributed by atoms with Gasteiger partial charge in [0.25, 0.3) is 5.91 Å². The quantitative estimate of drug-likeness (QED) is 0.315. The summed E-state index contributed by atoms with van der Waals surface area (Å²) in [5.41, 5.74) is 1.27. The Kier molecular flexibility index (Phi) is 6.17. The highest BCUT2D eigenvalue weighted by Gasteiger charge is 2.27. The molecule has 0 saturated heterocycles. The lowest BCUT2D eigenvalue weighted by atomic mass is 10.1. The van der Waals surface area contributed by atoms with Crippen molar-refractivity contribution in [2.75, 3.05) is 5.32 Å². The van der Waals surface area contributed by atoms with E-state index < -0.39 is 18.0 Å². The zero-order valence-corrected chi connectivity index (χ0v) is 17.8. The number of nitrogens with one attached hydrogen (secondary N) is 1. The van der Waals surface area contributed by atoms with Crippen molar-refractivity contribution in [3.05, 3.63) is 108 Å². The molecule has 0 unspecified atom stereocenters. The maximum atomic E-state index is 13.1. The van der Waals surface area contributed by atoms with Gasteiger partial charge in [-0.1, -0.05) is 66.7 Å². The van der Waals surface area contributed by atoms with Gasteiger partial charge in [-0.05, 0) is 42.0 Å². The summed E-state index contributed by atoms with van der Waals surface area (Å²) in [5.74, 6) is -1.79. The molecule has 1 atom stereocenters. The second-order valence-corrected chi connectivity index (χ2v) is 7.54. The molecule has 6 heteroatoms. The van der Waals surface area contributed by atoms with Crippen LogP contribution in [-0.2, 0) is 9.53 Å². The molecule has 0 fully saturated rings. The molecule has 0 spiro atoms. The topological polar surface area (TPSA) is 92.7 Å². The number of Topliss-reactive ketones (excluding diaryl/α,β-unsaturated/α-hetero) is 1. The molecule has 4 aromatic rings. The van der Waals surface area contributed by atoms with Crippen LogP contribution in [0, 0.1) is 0 Å². The molecule has 4 aromatic carbocycles. The van der Waals surface area contributed by atoms with Gasteiger partial charge in [0.2, 0.25) is 6.10 Å². The SMILES string of the molecule is CC(=O)c1cccc(NC(=O)[C@@H](OC(=O)c2cc3ccccc3cc2O)c2ccccc2)c1. The summed E-state index contributed by atoms with van der Waals surface area (Å²) in [5, 5.41) is 14.6. The number of anilines is 1. The van der Waals surface area contributed by atoms with E-state index in [1.807, 2.05) is 24.3 Å². The summed E-state index contributed by atoms with van der Waals surface area (Å²) in [4.78, 5) is 37.8. The number of rotatable bonds is 6. The number of carbonyl (C=O) groups is 3. The lowest BCUT2D eigenvalue weighted by Crippen LogP contribution is -2.26. The second-order valence-electron chi connectivity index (χ2n) is 7.54. The third-order valence-electron chi connectivity index (χ3n) is 5.19. The van der Waals surface area contributed by atoms with Crippen LogP contribution >= 0.6 is 0 Å². The summed E-state index contributed by atoms with van der Waals surface area (Å²) in [7, 11) is 0. The number of benzene rings is 4. The van der Waals surface area contributed by atoms with E-state index in [2.05, 4.69) is 5.32 Å². The van der Waals surface area contributed by atoms with Gasteiger partial charge in [0.05, 0.1) is 0 Å². The molecular weight excluding hydrogens is 418 g/mol. The average Bonchev–Trinajstić information content (AvgIpc) is 2.82. The van der Waals surface area contributed by atoms with Gasteiger partial charge in [0.1, 0.15) is 11.3 Å². The first-order valence-corrected chi connectivity index (χ1v) is 10.3. The van der Waals surface area contributed by atoms with Gasteiger partial charge < -0.3 is 15.2 Å². The fourth-order valence-corrected chi connectivity index (χ4v) is 3.49. The van der Waals surface area contributed by atoms with Gasteiger partial charge in [-0.2, -0.15) is 0 Å². The number of esters is 1. The molecule has 0 aliphatic rings. The summed E-state index contributed by atoms with van der Waals surface area (Å²) in [6, 6.07) is 25.4. The molecule has 0 aliphatic carbocycles. The van der Waals surface area contributed by atoms with Crippen molar-refractivity contribution >= 4 is 34.1 Å². The van der Waals surface area contributed by atoms with E-state index in [0.29, 0.717) is 16.8 Å². The molecule has 6 nitrogen and oxygen atoms in total. The van der Waals surface area contributed by atoms with E-state index in [0.717, 1.165) is 10.8 Å². The molecule has 33 heavy (non-hydrogen) atoms. The van der Waals surface area contributed by atoms with E-state index >= 15 is 0 Å². The third-order valence-corrected chi connectivity index (χ3v) is 5.19. The van der Waals surface area contributed by atoms with Crippen LogP contribution in [0.4, 0.5) is 5.69 Å². The van der Waals surface area contributed by atoms with E-state index in [9.17, 15) is 19.5 Å². The molecule has 0 bridgehead atoms. The fraction of sp³-hybridized carbons (Fsp3) is 0.0741. The molecule has 1 amide bonds. The standard InChI is InChI=1S/C27H21NO5/c1-17(29)19-12-7-13-22(14-19)28-26(31)25(18-8-3-2-4-9-18)33-27(32)23-15-20-10-5-6-11-21(20)16-24(23)30/h2-16,25,30H,1H3,(H,28,31)/t25-/m0/s1. The van der Waals surface area contributed by atoms with Gasteiger partial charge in [-0.15, -0.1) is 0 Å². The normalized spacial score (nSPS) is 11.5. The molecule has 164 valence electrons. The first-order chi connectivity index (χ1) is 15.9. The summed E-state index contributed by atoms with van der Waals surface area (Å²) in [6.45, 7) is 1.44. The van der Waals surface area contributed by atoms with Crippen LogP contribution < -0.4 is 5.32 Å². The second kappa shape index (κ2) is 9.36. The van der Waals surface area contributed by atoms with Crippen LogP contribution in [0.2, 0.25) is 0 Å².